The molecule has 1 heterocycles. The molecule has 4 N–H and O–H groups in total. The van der Waals surface area contributed by atoms with Gasteiger partial charge in [0.05, 0.1) is 16.9 Å². The van der Waals surface area contributed by atoms with Gasteiger partial charge < -0.3 is 21.1 Å². The van der Waals surface area contributed by atoms with Gasteiger partial charge in [0.25, 0.3) is 0 Å². The van der Waals surface area contributed by atoms with Crippen LogP contribution in [0.1, 0.15) is 23.7 Å². The molecule has 0 aromatic heterocycles. The van der Waals surface area contributed by atoms with Crippen molar-refractivity contribution in [3.8, 4) is 0 Å². The maximum Gasteiger partial charge on any atom is 0.338 e. The van der Waals surface area contributed by atoms with E-state index in [9.17, 15) is 9.18 Å². The number of carboxylic acid groups (broad SMARTS) is 1. The van der Waals surface area contributed by atoms with E-state index in [0.29, 0.717) is 11.6 Å². The first-order valence-corrected chi connectivity index (χ1v) is 6.66. The molecule has 5 nitrogen and oxygen atoms in total. The van der Waals surface area contributed by atoms with Gasteiger partial charge in [0, 0.05) is 12.6 Å². The standard InChI is InChI=1S/C14H20FN3O2/c1-8-7-18(2)4-3-12(8)17-13-6-10(15)9(14(19)20)5-11(13)16/h5-6,8,12,17H,3-4,7,16H2,1-2H3,(H,19,20). The van der Waals surface area contributed by atoms with E-state index in [0.717, 1.165) is 19.5 Å². The molecule has 0 aliphatic carbocycles. The lowest BCUT2D eigenvalue weighted by molar-refractivity contribution is 0.0692. The number of nitrogens with two attached hydrogens (primary N) is 1. The van der Waals surface area contributed by atoms with Crippen LogP contribution < -0.4 is 11.1 Å². The molecule has 0 saturated carbocycles. The predicted molar refractivity (Wildman–Crippen MR) is 76.5 cm³/mol. The molecule has 110 valence electrons. The van der Waals surface area contributed by atoms with Crippen LogP contribution in [0.25, 0.3) is 0 Å². The van der Waals surface area contributed by atoms with Gasteiger partial charge in [-0.1, -0.05) is 6.92 Å². The first-order valence-electron chi connectivity index (χ1n) is 6.66. The summed E-state index contributed by atoms with van der Waals surface area (Å²) in [4.78, 5) is 13.1. The Morgan fingerprint density at radius 2 is 2.25 bits per heavy atom. The summed E-state index contributed by atoms with van der Waals surface area (Å²) in [7, 11) is 2.07. The lowest BCUT2D eigenvalue weighted by Crippen LogP contribution is -2.43. The predicted octanol–water partition coefficient (Wildman–Crippen LogP) is 1.86. The number of carboxylic acids is 1. The van der Waals surface area contributed by atoms with Gasteiger partial charge in [-0.05, 0) is 38.1 Å². The molecule has 2 unspecified atom stereocenters. The van der Waals surface area contributed by atoms with Gasteiger partial charge in [-0.2, -0.15) is 0 Å². The van der Waals surface area contributed by atoms with E-state index in [1.807, 2.05) is 0 Å². The minimum absolute atomic E-state index is 0.212. The summed E-state index contributed by atoms with van der Waals surface area (Å²) >= 11 is 0. The maximum atomic E-state index is 13.7. The number of hydrogen-bond acceptors (Lipinski definition) is 4. The number of carbonyl (C=O) groups is 1. The van der Waals surface area contributed by atoms with Crippen molar-refractivity contribution in [2.75, 3.05) is 31.2 Å². The van der Waals surface area contributed by atoms with E-state index in [2.05, 4.69) is 24.2 Å². The normalized spacial score (nSPS) is 23.6. The van der Waals surface area contributed by atoms with Crippen molar-refractivity contribution in [3.05, 3.63) is 23.5 Å². The average molecular weight is 281 g/mol. The minimum Gasteiger partial charge on any atom is -0.478 e. The highest BCUT2D eigenvalue weighted by Crippen LogP contribution is 2.27. The molecule has 2 atom stereocenters. The molecule has 1 aliphatic heterocycles. The van der Waals surface area contributed by atoms with Crippen LogP contribution in [0, 0.1) is 11.7 Å². The Morgan fingerprint density at radius 1 is 1.55 bits per heavy atom. The Morgan fingerprint density at radius 3 is 2.85 bits per heavy atom. The molecule has 0 radical (unpaired) electrons. The Kier molecular flexibility index (Phi) is 4.13. The number of hydrogen-bond donors (Lipinski definition) is 3. The summed E-state index contributed by atoms with van der Waals surface area (Å²) in [5.74, 6) is -1.67. The van der Waals surface area contributed by atoms with Crippen LogP contribution in [0.3, 0.4) is 0 Å². The Hall–Kier alpha value is -1.82. The summed E-state index contributed by atoms with van der Waals surface area (Å²) < 4.78 is 13.7. The molecule has 6 heteroatoms. The number of rotatable bonds is 3. The van der Waals surface area contributed by atoms with Crippen LogP contribution in [-0.2, 0) is 0 Å². The van der Waals surface area contributed by atoms with Gasteiger partial charge in [0.1, 0.15) is 5.82 Å². The number of aromatic carboxylic acids is 1. The lowest BCUT2D eigenvalue weighted by Gasteiger charge is -2.36. The fraction of sp³-hybridized carbons (Fsp3) is 0.500. The zero-order chi connectivity index (χ0) is 14.9. The van der Waals surface area contributed by atoms with Crippen molar-refractivity contribution >= 4 is 17.3 Å². The fourth-order valence-electron chi connectivity index (χ4n) is 2.65. The lowest BCUT2D eigenvalue weighted by atomic mass is 9.94. The van der Waals surface area contributed by atoms with Gasteiger partial charge >= 0.3 is 5.97 Å². The summed E-state index contributed by atoms with van der Waals surface area (Å²) in [5.41, 5.74) is 6.14. The number of likely N-dealkylation sites (tertiary alicyclic amines) is 1. The van der Waals surface area contributed by atoms with Crippen LogP contribution in [0.4, 0.5) is 15.8 Å². The van der Waals surface area contributed by atoms with E-state index in [1.54, 1.807) is 0 Å². The smallest absolute Gasteiger partial charge is 0.338 e. The highest BCUT2D eigenvalue weighted by atomic mass is 19.1. The zero-order valence-electron chi connectivity index (χ0n) is 11.7. The summed E-state index contributed by atoms with van der Waals surface area (Å²) in [6.07, 6.45) is 0.944. The van der Waals surface area contributed by atoms with Gasteiger partial charge in [0.15, 0.2) is 0 Å². The van der Waals surface area contributed by atoms with Crippen LogP contribution in [0.5, 0.6) is 0 Å². The summed E-state index contributed by atoms with van der Waals surface area (Å²) in [5, 5.41) is 12.1. The monoisotopic (exact) mass is 281 g/mol. The third-order valence-corrected chi connectivity index (χ3v) is 3.82. The van der Waals surface area contributed by atoms with Crippen molar-refractivity contribution in [1.29, 1.82) is 0 Å². The zero-order valence-corrected chi connectivity index (χ0v) is 11.7. The molecule has 1 aromatic rings. The highest BCUT2D eigenvalue weighted by Gasteiger charge is 2.25. The summed E-state index contributed by atoms with van der Waals surface area (Å²) in [6.45, 7) is 4.07. The molecule has 1 aromatic carbocycles. The Labute approximate surface area is 117 Å². The number of anilines is 2. The van der Waals surface area contributed by atoms with E-state index in [4.69, 9.17) is 10.8 Å². The Balaban J connectivity index is 2.18. The number of benzene rings is 1. The largest absolute Gasteiger partial charge is 0.478 e. The molecular weight excluding hydrogens is 261 g/mol. The van der Waals surface area contributed by atoms with E-state index in [-0.39, 0.29) is 11.7 Å². The number of piperidine rings is 1. The Bertz CT molecular complexity index is 521. The molecule has 20 heavy (non-hydrogen) atoms. The quantitative estimate of drug-likeness (QED) is 0.737. The third-order valence-electron chi connectivity index (χ3n) is 3.82. The van der Waals surface area contributed by atoms with Crippen LogP contribution in [0.2, 0.25) is 0 Å². The third kappa shape index (κ3) is 3.01. The first kappa shape index (κ1) is 14.6. The molecule has 1 saturated heterocycles. The average Bonchev–Trinajstić information content (AvgIpc) is 2.36. The van der Waals surface area contributed by atoms with E-state index < -0.39 is 17.3 Å². The van der Waals surface area contributed by atoms with Gasteiger partial charge in [-0.3, -0.25) is 0 Å². The van der Waals surface area contributed by atoms with Crippen molar-refractivity contribution in [2.45, 2.75) is 19.4 Å². The number of halogens is 1. The van der Waals surface area contributed by atoms with Gasteiger partial charge in [0.2, 0.25) is 0 Å². The van der Waals surface area contributed by atoms with E-state index >= 15 is 0 Å². The molecule has 2 rings (SSSR count). The molecule has 0 bridgehead atoms. The molecule has 1 fully saturated rings. The molecule has 0 spiro atoms. The van der Waals surface area contributed by atoms with Crippen molar-refractivity contribution in [1.82, 2.24) is 4.90 Å². The minimum atomic E-state index is -1.31. The number of nitrogens with one attached hydrogen (secondary N) is 1. The number of nitrogen functional groups attached to an aromatic ring is 1. The van der Waals surface area contributed by atoms with Crippen LogP contribution >= 0.6 is 0 Å². The summed E-state index contributed by atoms with van der Waals surface area (Å²) in [6, 6.07) is 2.55. The van der Waals surface area contributed by atoms with E-state index in [1.165, 1.54) is 12.1 Å². The number of nitrogens with zero attached hydrogens (tertiary/aromatic N) is 1. The maximum absolute atomic E-state index is 13.7. The van der Waals surface area contributed by atoms with Gasteiger partial charge in [-0.25, -0.2) is 9.18 Å². The molecule has 0 amide bonds. The van der Waals surface area contributed by atoms with Crippen molar-refractivity contribution in [3.63, 3.8) is 0 Å². The topological polar surface area (TPSA) is 78.6 Å². The second kappa shape index (κ2) is 5.66. The molecular formula is C14H20FN3O2. The van der Waals surface area contributed by atoms with Crippen LogP contribution in [0.15, 0.2) is 12.1 Å². The van der Waals surface area contributed by atoms with Crippen LogP contribution in [-0.4, -0.2) is 42.2 Å². The fourth-order valence-corrected chi connectivity index (χ4v) is 2.65. The highest BCUT2D eigenvalue weighted by molar-refractivity contribution is 5.90. The van der Waals surface area contributed by atoms with Crippen molar-refractivity contribution in [2.24, 2.45) is 5.92 Å². The molecule has 1 aliphatic rings. The SMILES string of the molecule is CC1CN(C)CCC1Nc1cc(F)c(C(=O)O)cc1N. The second-order valence-corrected chi connectivity index (χ2v) is 5.50. The second-order valence-electron chi connectivity index (χ2n) is 5.50. The van der Waals surface area contributed by atoms with Gasteiger partial charge in [-0.15, -0.1) is 0 Å². The first-order chi connectivity index (χ1) is 9.38. The van der Waals surface area contributed by atoms with Crippen molar-refractivity contribution < 1.29 is 14.3 Å².